The summed E-state index contributed by atoms with van der Waals surface area (Å²) in [5, 5.41) is 3.25. The molecule has 2 rings (SSSR count). The van der Waals surface area contributed by atoms with Crippen LogP contribution in [0.4, 0.5) is 0 Å². The van der Waals surface area contributed by atoms with Crippen molar-refractivity contribution < 1.29 is 4.21 Å². The van der Waals surface area contributed by atoms with Crippen molar-refractivity contribution in [3.63, 3.8) is 0 Å². The molecule has 1 aliphatic rings. The van der Waals surface area contributed by atoms with Crippen LogP contribution in [0.15, 0.2) is 12.5 Å². The number of rotatable bonds is 5. The van der Waals surface area contributed by atoms with E-state index in [4.69, 9.17) is 0 Å². The molecule has 0 saturated carbocycles. The number of nitrogens with zero attached hydrogens (tertiary/aromatic N) is 2. The molecule has 84 valence electrons. The summed E-state index contributed by atoms with van der Waals surface area (Å²) in [5.74, 6) is 2.08. The first-order valence-corrected chi connectivity index (χ1v) is 6.85. The Hall–Kier alpha value is -0.680. The SMILES string of the molecule is CCS(=O)CCn1cncc1C1CNC1. The number of nitrogens with one attached hydrogen (secondary N) is 1. The highest BCUT2D eigenvalue weighted by atomic mass is 32.2. The summed E-state index contributed by atoms with van der Waals surface area (Å²) >= 11 is 0. The molecule has 0 bridgehead atoms. The van der Waals surface area contributed by atoms with E-state index in [2.05, 4.69) is 14.9 Å². The first kappa shape index (κ1) is 10.8. The van der Waals surface area contributed by atoms with Gasteiger partial charge in [0.25, 0.3) is 0 Å². The molecule has 0 amide bonds. The lowest BCUT2D eigenvalue weighted by molar-refractivity contribution is 0.426. The first-order valence-electron chi connectivity index (χ1n) is 5.37. The molecule has 1 N–H and O–H groups in total. The third-order valence-corrected chi connectivity index (χ3v) is 4.11. The molecule has 1 aromatic heterocycles. The Morgan fingerprint density at radius 1 is 1.67 bits per heavy atom. The summed E-state index contributed by atoms with van der Waals surface area (Å²) < 4.78 is 13.5. The molecule has 1 aromatic rings. The Labute approximate surface area is 92.5 Å². The fourth-order valence-corrected chi connectivity index (χ4v) is 2.39. The molecular weight excluding hydrogens is 210 g/mol. The predicted molar refractivity (Wildman–Crippen MR) is 61.4 cm³/mol. The summed E-state index contributed by atoms with van der Waals surface area (Å²) in [6.07, 6.45) is 3.78. The van der Waals surface area contributed by atoms with Gasteiger partial charge in [-0.25, -0.2) is 4.98 Å². The van der Waals surface area contributed by atoms with Gasteiger partial charge >= 0.3 is 0 Å². The molecular formula is C10H17N3OS. The molecule has 0 radical (unpaired) electrons. The summed E-state index contributed by atoms with van der Waals surface area (Å²) in [4.78, 5) is 4.17. The van der Waals surface area contributed by atoms with Gasteiger partial charge in [0.15, 0.2) is 0 Å². The lowest BCUT2D eigenvalue weighted by atomic mass is 10.00. The van der Waals surface area contributed by atoms with Gasteiger partial charge in [-0.05, 0) is 0 Å². The van der Waals surface area contributed by atoms with Crippen LogP contribution in [0.1, 0.15) is 18.5 Å². The molecule has 15 heavy (non-hydrogen) atoms. The maximum atomic E-state index is 11.3. The Balaban J connectivity index is 1.95. The molecule has 5 heteroatoms. The Morgan fingerprint density at radius 2 is 2.47 bits per heavy atom. The average Bonchev–Trinajstić information content (AvgIpc) is 2.60. The highest BCUT2D eigenvalue weighted by molar-refractivity contribution is 7.84. The van der Waals surface area contributed by atoms with E-state index in [1.807, 2.05) is 19.4 Å². The van der Waals surface area contributed by atoms with Gasteiger partial charge in [-0.1, -0.05) is 6.92 Å². The zero-order valence-electron chi connectivity index (χ0n) is 8.98. The molecule has 4 nitrogen and oxygen atoms in total. The second kappa shape index (κ2) is 4.90. The predicted octanol–water partition coefficient (Wildman–Crippen LogP) is 0.339. The van der Waals surface area contributed by atoms with E-state index in [0.717, 1.165) is 31.1 Å². The van der Waals surface area contributed by atoms with E-state index < -0.39 is 10.8 Å². The second-order valence-corrected chi connectivity index (χ2v) is 5.66. The standard InChI is InChI=1S/C10H17N3OS/c1-2-15(14)4-3-13-8-12-7-10(13)9-5-11-6-9/h7-9,11H,2-6H2,1H3. The topological polar surface area (TPSA) is 46.9 Å². The molecule has 1 aliphatic heterocycles. The highest BCUT2D eigenvalue weighted by Gasteiger charge is 2.22. The Morgan fingerprint density at radius 3 is 3.07 bits per heavy atom. The van der Waals surface area contributed by atoms with Crippen LogP contribution < -0.4 is 5.32 Å². The maximum Gasteiger partial charge on any atom is 0.0948 e. The zero-order valence-corrected chi connectivity index (χ0v) is 9.80. The molecule has 0 aromatic carbocycles. The lowest BCUT2D eigenvalue weighted by Gasteiger charge is -2.27. The van der Waals surface area contributed by atoms with Crippen LogP contribution in [-0.2, 0) is 17.3 Å². The van der Waals surface area contributed by atoms with Crippen LogP contribution in [0.2, 0.25) is 0 Å². The zero-order chi connectivity index (χ0) is 10.7. The number of imidazole rings is 1. The van der Waals surface area contributed by atoms with Crippen molar-refractivity contribution in [3.8, 4) is 0 Å². The van der Waals surface area contributed by atoms with Gasteiger partial charge in [-0.2, -0.15) is 0 Å². The first-order chi connectivity index (χ1) is 7.31. The third-order valence-electron chi connectivity index (χ3n) is 2.83. The smallest absolute Gasteiger partial charge is 0.0948 e. The van der Waals surface area contributed by atoms with E-state index in [0.29, 0.717) is 5.92 Å². The molecule has 2 heterocycles. The number of aromatic nitrogens is 2. The van der Waals surface area contributed by atoms with Crippen molar-refractivity contribution in [2.75, 3.05) is 24.6 Å². The van der Waals surface area contributed by atoms with E-state index in [-0.39, 0.29) is 0 Å². The number of hydrogen-bond donors (Lipinski definition) is 1. The van der Waals surface area contributed by atoms with Crippen LogP contribution >= 0.6 is 0 Å². The number of aryl methyl sites for hydroxylation is 1. The van der Waals surface area contributed by atoms with Crippen LogP contribution in [0.25, 0.3) is 0 Å². The van der Waals surface area contributed by atoms with Crippen LogP contribution in [-0.4, -0.2) is 38.4 Å². The van der Waals surface area contributed by atoms with Gasteiger partial charge in [0.1, 0.15) is 0 Å². The Kier molecular flexibility index (Phi) is 3.53. The van der Waals surface area contributed by atoms with E-state index in [9.17, 15) is 4.21 Å². The van der Waals surface area contributed by atoms with Gasteiger partial charge in [0, 0.05) is 59.7 Å². The molecule has 1 fully saturated rings. The maximum absolute atomic E-state index is 11.3. The largest absolute Gasteiger partial charge is 0.333 e. The van der Waals surface area contributed by atoms with Gasteiger partial charge in [-0.15, -0.1) is 0 Å². The molecule has 1 unspecified atom stereocenters. The highest BCUT2D eigenvalue weighted by Crippen LogP contribution is 2.18. The number of hydrogen-bond acceptors (Lipinski definition) is 3. The lowest BCUT2D eigenvalue weighted by Crippen LogP contribution is -2.41. The average molecular weight is 227 g/mol. The minimum absolute atomic E-state index is 0.600. The van der Waals surface area contributed by atoms with Crippen molar-refractivity contribution in [1.82, 2.24) is 14.9 Å². The van der Waals surface area contributed by atoms with Crippen LogP contribution in [0.3, 0.4) is 0 Å². The van der Waals surface area contributed by atoms with Crippen molar-refractivity contribution in [2.24, 2.45) is 0 Å². The van der Waals surface area contributed by atoms with Crippen molar-refractivity contribution >= 4 is 10.8 Å². The Bertz CT molecular complexity index is 346. The monoisotopic (exact) mass is 227 g/mol. The summed E-state index contributed by atoms with van der Waals surface area (Å²) in [6.45, 7) is 4.87. The van der Waals surface area contributed by atoms with Gasteiger partial charge < -0.3 is 9.88 Å². The van der Waals surface area contributed by atoms with Gasteiger partial charge in [0.2, 0.25) is 0 Å². The summed E-state index contributed by atoms with van der Waals surface area (Å²) in [5.41, 5.74) is 1.28. The van der Waals surface area contributed by atoms with Gasteiger partial charge in [-0.3, -0.25) is 4.21 Å². The van der Waals surface area contributed by atoms with E-state index >= 15 is 0 Å². The molecule has 1 atom stereocenters. The van der Waals surface area contributed by atoms with Crippen molar-refractivity contribution in [3.05, 3.63) is 18.2 Å². The minimum Gasteiger partial charge on any atom is -0.333 e. The normalized spacial score (nSPS) is 18.7. The van der Waals surface area contributed by atoms with E-state index in [1.165, 1.54) is 5.69 Å². The minimum atomic E-state index is -0.681. The third kappa shape index (κ3) is 2.46. The van der Waals surface area contributed by atoms with Crippen molar-refractivity contribution in [1.29, 1.82) is 0 Å². The van der Waals surface area contributed by atoms with Crippen molar-refractivity contribution in [2.45, 2.75) is 19.4 Å². The second-order valence-electron chi connectivity index (χ2n) is 3.80. The fourth-order valence-electron chi connectivity index (χ4n) is 1.70. The summed E-state index contributed by atoms with van der Waals surface area (Å²) in [6, 6.07) is 0. The molecule has 0 aliphatic carbocycles. The van der Waals surface area contributed by atoms with Crippen LogP contribution in [0.5, 0.6) is 0 Å². The fraction of sp³-hybridized carbons (Fsp3) is 0.700. The van der Waals surface area contributed by atoms with Gasteiger partial charge in [0.05, 0.1) is 6.33 Å². The summed E-state index contributed by atoms with van der Waals surface area (Å²) in [7, 11) is -0.681. The quantitative estimate of drug-likeness (QED) is 0.789. The molecule has 1 saturated heterocycles. The van der Waals surface area contributed by atoms with E-state index in [1.54, 1.807) is 0 Å². The van der Waals surface area contributed by atoms with Crippen LogP contribution in [0, 0.1) is 0 Å². The molecule has 0 spiro atoms.